The third-order valence-corrected chi connectivity index (χ3v) is 4.17. The van der Waals surface area contributed by atoms with Crippen LogP contribution in [0.25, 0.3) is 0 Å². The van der Waals surface area contributed by atoms with E-state index in [0.717, 1.165) is 0 Å². The Morgan fingerprint density at radius 2 is 0.600 bits per heavy atom. The van der Waals surface area contributed by atoms with Crippen LogP contribution in [0.15, 0.2) is 0 Å². The molecule has 0 amide bonds. The van der Waals surface area contributed by atoms with E-state index in [2.05, 4.69) is 0 Å². The number of alkyl halides is 20. The minimum Gasteiger partial charge on any atom is -0.226 e. The normalized spacial score (nSPS) is 37.2. The second-order valence-electron chi connectivity index (χ2n) is 5.77. The summed E-state index contributed by atoms with van der Waals surface area (Å²) in [5, 5.41) is 0. The first-order valence-electron chi connectivity index (χ1n) is 6.28. The van der Waals surface area contributed by atoms with Gasteiger partial charge in [-0.05, 0) is 0 Å². The summed E-state index contributed by atoms with van der Waals surface area (Å²) in [4.78, 5) is 0. The summed E-state index contributed by atoms with van der Waals surface area (Å²) in [5.74, 6) is -35.8. The van der Waals surface area contributed by atoms with Crippen molar-refractivity contribution in [3.8, 4) is 0 Å². The van der Waals surface area contributed by atoms with Gasteiger partial charge in [0.25, 0.3) is 5.67 Å². The second-order valence-corrected chi connectivity index (χ2v) is 5.77. The first kappa shape index (κ1) is 26.6. The van der Waals surface area contributed by atoms with Crippen LogP contribution in [0.1, 0.15) is 0 Å². The Morgan fingerprint density at radius 3 is 0.833 bits per heavy atom. The fourth-order valence-electron chi connectivity index (χ4n) is 2.64. The van der Waals surface area contributed by atoms with Crippen LogP contribution in [0, 0.1) is 0 Å². The topological polar surface area (TPSA) is 0 Å². The molecule has 1 saturated carbocycles. The lowest BCUT2D eigenvalue weighted by molar-refractivity contribution is -0.535. The third-order valence-electron chi connectivity index (χ3n) is 4.17. The van der Waals surface area contributed by atoms with Crippen LogP contribution < -0.4 is 0 Å². The largest absolute Gasteiger partial charge is 0.457 e. The Labute approximate surface area is 148 Å². The minimum absolute atomic E-state index is 8.36. The number of hydrogen-bond donors (Lipinski definition) is 0. The molecule has 0 aromatic carbocycles. The minimum atomic E-state index is -9.33. The molecule has 1 rings (SSSR count). The fraction of sp³-hybridized carbons (Fsp3) is 1.00. The first-order chi connectivity index (χ1) is 12.5. The Morgan fingerprint density at radius 1 is 0.333 bits per heavy atom. The number of rotatable bonds is 1. The number of halogens is 20. The van der Waals surface area contributed by atoms with Crippen LogP contribution in [-0.2, 0) is 0 Å². The van der Waals surface area contributed by atoms with E-state index in [1.807, 2.05) is 0 Å². The lowest BCUT2D eigenvalue weighted by Gasteiger charge is -2.59. The van der Waals surface area contributed by atoms with Crippen LogP contribution in [-0.4, -0.2) is 59.2 Å². The molecule has 3 unspecified atom stereocenters. The van der Waals surface area contributed by atoms with E-state index in [9.17, 15) is 87.8 Å². The maximum absolute atomic E-state index is 14.2. The molecule has 1 fully saturated rings. The smallest absolute Gasteiger partial charge is 0.226 e. The van der Waals surface area contributed by atoms with Crippen molar-refractivity contribution < 1.29 is 87.8 Å². The summed E-state index contributed by atoms with van der Waals surface area (Å²) in [5.41, 5.74) is -27.3. The molecule has 0 aromatic rings. The summed E-state index contributed by atoms with van der Waals surface area (Å²) in [6.45, 7) is 0. The average molecular weight is 500 g/mol. The highest BCUT2D eigenvalue weighted by Crippen LogP contribution is 2.77. The van der Waals surface area contributed by atoms with Crippen molar-refractivity contribution in [2.45, 2.75) is 59.2 Å². The molecule has 180 valence electrons. The zero-order valence-electron chi connectivity index (χ0n) is 12.6. The highest BCUT2D eigenvalue weighted by molar-refractivity contribution is 5.38. The molecule has 0 aliphatic heterocycles. The van der Waals surface area contributed by atoms with E-state index in [1.165, 1.54) is 0 Å². The van der Waals surface area contributed by atoms with Crippen molar-refractivity contribution in [1.29, 1.82) is 0 Å². The first-order valence-corrected chi connectivity index (χ1v) is 6.28. The van der Waals surface area contributed by atoms with E-state index in [-0.39, 0.29) is 0 Å². The van der Waals surface area contributed by atoms with Gasteiger partial charge in [-0.15, -0.1) is 0 Å². The molecular weight excluding hydrogens is 500 g/mol. The molecular formula is C10F20. The molecule has 3 atom stereocenters. The molecule has 0 aromatic heterocycles. The van der Waals surface area contributed by atoms with E-state index in [0.29, 0.717) is 0 Å². The van der Waals surface area contributed by atoms with Gasteiger partial charge >= 0.3 is 53.6 Å². The van der Waals surface area contributed by atoms with E-state index in [1.54, 1.807) is 0 Å². The van der Waals surface area contributed by atoms with Gasteiger partial charge in [-0.25, -0.2) is 13.2 Å². The van der Waals surface area contributed by atoms with Gasteiger partial charge in [-0.1, -0.05) is 0 Å². The lowest BCUT2D eigenvalue weighted by atomic mass is 9.58. The molecule has 0 saturated heterocycles. The van der Waals surface area contributed by atoms with Crippen molar-refractivity contribution >= 4 is 0 Å². The lowest BCUT2D eigenvalue weighted by Crippen LogP contribution is -2.94. The average Bonchev–Trinajstić information content (AvgIpc) is 2.46. The Bertz CT molecular complexity index is 692. The van der Waals surface area contributed by atoms with Gasteiger partial charge in [-0.3, -0.25) is 0 Å². The van der Waals surface area contributed by atoms with Gasteiger partial charge < -0.3 is 0 Å². The van der Waals surface area contributed by atoms with Gasteiger partial charge in [0.15, 0.2) is 0 Å². The third kappa shape index (κ3) is 2.22. The maximum atomic E-state index is 14.2. The van der Waals surface area contributed by atoms with Crippen molar-refractivity contribution in [3.05, 3.63) is 0 Å². The molecule has 1 aliphatic rings. The van der Waals surface area contributed by atoms with Gasteiger partial charge in [-0.2, -0.15) is 74.6 Å². The van der Waals surface area contributed by atoms with Crippen LogP contribution in [0.4, 0.5) is 87.8 Å². The van der Waals surface area contributed by atoms with Crippen LogP contribution in [0.5, 0.6) is 0 Å². The van der Waals surface area contributed by atoms with Crippen LogP contribution in [0.3, 0.4) is 0 Å². The Kier molecular flexibility index (Phi) is 5.05. The van der Waals surface area contributed by atoms with Gasteiger partial charge in [0.05, 0.1) is 0 Å². The van der Waals surface area contributed by atoms with Crippen molar-refractivity contribution in [2.24, 2.45) is 0 Å². The van der Waals surface area contributed by atoms with Crippen LogP contribution >= 0.6 is 0 Å². The molecule has 0 N–H and O–H groups in total. The Balaban J connectivity index is 4.51. The van der Waals surface area contributed by atoms with Gasteiger partial charge in [0.1, 0.15) is 0 Å². The molecule has 0 spiro atoms. The van der Waals surface area contributed by atoms with E-state index in [4.69, 9.17) is 0 Å². The summed E-state index contributed by atoms with van der Waals surface area (Å²) in [7, 11) is 0. The molecule has 0 radical (unpaired) electrons. The second kappa shape index (κ2) is 5.69. The van der Waals surface area contributed by atoms with Crippen molar-refractivity contribution in [1.82, 2.24) is 0 Å². The SMILES string of the molecule is FC(F)(F)C(F)(F)C1(F)C(F)(F)C(F)(C(F)(F)F)C(F)(F)C(F)(F)C1(F)C(F)(F)F. The van der Waals surface area contributed by atoms with Crippen molar-refractivity contribution in [3.63, 3.8) is 0 Å². The molecule has 0 bridgehead atoms. The zero-order valence-corrected chi connectivity index (χ0v) is 12.6. The monoisotopic (exact) mass is 500 g/mol. The van der Waals surface area contributed by atoms with Crippen LogP contribution in [0.2, 0.25) is 0 Å². The van der Waals surface area contributed by atoms with E-state index < -0.39 is 59.2 Å². The molecule has 0 nitrogen and oxygen atoms in total. The molecule has 20 heteroatoms. The van der Waals surface area contributed by atoms with Crippen molar-refractivity contribution in [2.75, 3.05) is 0 Å². The maximum Gasteiger partial charge on any atom is 0.457 e. The summed E-state index contributed by atoms with van der Waals surface area (Å²) in [6.07, 6.45) is -25.4. The van der Waals surface area contributed by atoms with Gasteiger partial charge in [0, 0.05) is 0 Å². The summed E-state index contributed by atoms with van der Waals surface area (Å²) >= 11 is 0. The Hall–Kier alpha value is -1.40. The predicted octanol–water partition coefficient (Wildman–Crippen LogP) is 6.35. The molecule has 0 heterocycles. The van der Waals surface area contributed by atoms with Gasteiger partial charge in [0.2, 0.25) is 0 Å². The highest BCUT2D eigenvalue weighted by atomic mass is 19.4. The quantitative estimate of drug-likeness (QED) is 0.369. The summed E-state index contributed by atoms with van der Waals surface area (Å²) < 4.78 is 261. The standard InChI is InChI=1S/C10F20/c11-1(7(20,21)10(28,29)30)2(12,8(22,23)24)5(16,17)6(18,19)3(13,4(1,14)15)9(25,26)27. The fourth-order valence-corrected chi connectivity index (χ4v) is 2.64. The molecule has 1 aliphatic carbocycles. The zero-order chi connectivity index (χ0) is 25.0. The number of hydrogen-bond acceptors (Lipinski definition) is 0. The molecule has 30 heavy (non-hydrogen) atoms. The van der Waals surface area contributed by atoms with E-state index >= 15 is 0 Å². The predicted molar refractivity (Wildman–Crippen MR) is 49.5 cm³/mol. The highest BCUT2D eigenvalue weighted by Gasteiger charge is 3.11. The summed E-state index contributed by atoms with van der Waals surface area (Å²) in [6, 6.07) is 0.